The maximum absolute atomic E-state index is 12.1. The van der Waals surface area contributed by atoms with E-state index in [0.29, 0.717) is 18.2 Å². The predicted molar refractivity (Wildman–Crippen MR) is 92.1 cm³/mol. The van der Waals surface area contributed by atoms with Crippen LogP contribution >= 0.6 is 0 Å². The molecule has 0 spiro atoms. The summed E-state index contributed by atoms with van der Waals surface area (Å²) in [5.74, 6) is -0.181. The minimum absolute atomic E-state index is 0.0901. The number of anilines is 1. The molecule has 1 aromatic carbocycles. The fraction of sp³-hybridized carbons (Fsp3) is 0.389. The third-order valence-corrected chi connectivity index (χ3v) is 3.87. The van der Waals surface area contributed by atoms with E-state index in [1.165, 1.54) is 16.4 Å². The third-order valence-electron chi connectivity index (χ3n) is 3.87. The smallest absolute Gasteiger partial charge is 0.325 e. The highest BCUT2D eigenvalue weighted by Gasteiger charge is 2.13. The molecule has 2 N–H and O–H groups in total. The van der Waals surface area contributed by atoms with Crippen LogP contribution in [0.15, 0.2) is 36.5 Å². The number of aromatic nitrogens is 2. The highest BCUT2D eigenvalue weighted by atomic mass is 16.4. The van der Waals surface area contributed by atoms with Gasteiger partial charge in [-0.25, -0.2) is 0 Å². The van der Waals surface area contributed by atoms with Crippen molar-refractivity contribution in [1.82, 2.24) is 9.78 Å². The van der Waals surface area contributed by atoms with E-state index in [-0.39, 0.29) is 18.4 Å². The number of carbonyl (C=O) groups excluding carboxylic acids is 1. The Hall–Kier alpha value is -2.63. The zero-order valence-electron chi connectivity index (χ0n) is 14.2. The zero-order valence-corrected chi connectivity index (χ0v) is 14.2. The van der Waals surface area contributed by atoms with Gasteiger partial charge in [0.25, 0.3) is 0 Å². The van der Waals surface area contributed by atoms with Crippen LogP contribution in [0.25, 0.3) is 0 Å². The van der Waals surface area contributed by atoms with Gasteiger partial charge in [0.15, 0.2) is 5.82 Å². The Morgan fingerprint density at radius 1 is 1.12 bits per heavy atom. The summed E-state index contributed by atoms with van der Waals surface area (Å²) >= 11 is 0. The number of carbonyl (C=O) groups is 2. The Labute approximate surface area is 141 Å². The molecule has 2 aromatic rings. The summed E-state index contributed by atoms with van der Waals surface area (Å²) in [5, 5.41) is 15.4. The number of amides is 1. The van der Waals surface area contributed by atoms with Crippen LogP contribution in [0.1, 0.15) is 50.2 Å². The van der Waals surface area contributed by atoms with Crippen molar-refractivity contribution in [3.63, 3.8) is 0 Å². The summed E-state index contributed by atoms with van der Waals surface area (Å²) in [5.41, 5.74) is 2.39. The van der Waals surface area contributed by atoms with E-state index in [0.717, 1.165) is 5.56 Å². The third kappa shape index (κ3) is 4.94. The second-order valence-corrected chi connectivity index (χ2v) is 6.27. The van der Waals surface area contributed by atoms with Crippen LogP contribution in [0.5, 0.6) is 0 Å². The minimum Gasteiger partial charge on any atom is -0.480 e. The molecule has 128 valence electrons. The van der Waals surface area contributed by atoms with Gasteiger partial charge in [-0.05, 0) is 23.0 Å². The van der Waals surface area contributed by atoms with Gasteiger partial charge in [-0.15, -0.1) is 0 Å². The van der Waals surface area contributed by atoms with E-state index in [1.54, 1.807) is 6.07 Å². The molecule has 6 heteroatoms. The van der Waals surface area contributed by atoms with Gasteiger partial charge in [0.2, 0.25) is 5.91 Å². The standard InChI is InChI=1S/C18H23N3O3/c1-12(2)14-4-6-15(7-5-14)13(3)10-17(22)19-16-8-9-21(20-16)11-18(23)24/h4-9,12-13H,10-11H2,1-3H3,(H,23,24)(H,19,20,22). The van der Waals surface area contributed by atoms with Crippen LogP contribution in [0.3, 0.4) is 0 Å². The molecule has 1 heterocycles. The maximum atomic E-state index is 12.1. The first-order chi connectivity index (χ1) is 11.3. The summed E-state index contributed by atoms with van der Waals surface area (Å²) in [6.45, 7) is 6.08. The van der Waals surface area contributed by atoms with Crippen LogP contribution in [0.2, 0.25) is 0 Å². The Balaban J connectivity index is 1.91. The fourth-order valence-corrected chi connectivity index (χ4v) is 2.45. The lowest BCUT2D eigenvalue weighted by atomic mass is 9.94. The number of carboxylic acid groups (broad SMARTS) is 1. The number of nitrogens with zero attached hydrogens (tertiary/aromatic N) is 2. The molecule has 0 bridgehead atoms. The number of aliphatic carboxylic acids is 1. The molecule has 0 aliphatic rings. The molecule has 0 saturated carbocycles. The average molecular weight is 329 g/mol. The summed E-state index contributed by atoms with van der Waals surface area (Å²) in [7, 11) is 0. The summed E-state index contributed by atoms with van der Waals surface area (Å²) in [6, 6.07) is 9.91. The number of hydrogen-bond acceptors (Lipinski definition) is 3. The SMILES string of the molecule is CC(C)c1ccc(C(C)CC(=O)Nc2ccn(CC(=O)O)n2)cc1. The van der Waals surface area contributed by atoms with E-state index in [4.69, 9.17) is 5.11 Å². The highest BCUT2D eigenvalue weighted by molar-refractivity contribution is 5.90. The van der Waals surface area contributed by atoms with Gasteiger partial charge >= 0.3 is 5.97 Å². The van der Waals surface area contributed by atoms with Crippen molar-refractivity contribution in [1.29, 1.82) is 0 Å². The molecule has 6 nitrogen and oxygen atoms in total. The van der Waals surface area contributed by atoms with Gasteiger partial charge in [0.1, 0.15) is 6.54 Å². The van der Waals surface area contributed by atoms with Crippen LogP contribution in [0, 0.1) is 0 Å². The molecule has 2 rings (SSSR count). The van der Waals surface area contributed by atoms with Crippen LogP contribution < -0.4 is 5.32 Å². The number of hydrogen-bond donors (Lipinski definition) is 2. The first-order valence-electron chi connectivity index (χ1n) is 8.00. The lowest BCUT2D eigenvalue weighted by molar-refractivity contribution is -0.137. The Bertz CT molecular complexity index is 705. The lowest BCUT2D eigenvalue weighted by Crippen LogP contribution is -2.15. The Morgan fingerprint density at radius 2 is 1.75 bits per heavy atom. The predicted octanol–water partition coefficient (Wildman–Crippen LogP) is 3.22. The summed E-state index contributed by atoms with van der Waals surface area (Å²) in [6.07, 6.45) is 1.87. The first kappa shape index (κ1) is 17.7. The molecule has 0 fully saturated rings. The van der Waals surface area contributed by atoms with E-state index < -0.39 is 5.97 Å². The normalized spacial score (nSPS) is 12.2. The second-order valence-electron chi connectivity index (χ2n) is 6.27. The van der Waals surface area contributed by atoms with Crippen LogP contribution in [0.4, 0.5) is 5.82 Å². The first-order valence-corrected chi connectivity index (χ1v) is 8.00. The van der Waals surface area contributed by atoms with Crippen molar-refractivity contribution >= 4 is 17.7 Å². The van der Waals surface area contributed by atoms with Gasteiger partial charge in [0, 0.05) is 18.7 Å². The van der Waals surface area contributed by atoms with Crippen molar-refractivity contribution in [3.8, 4) is 0 Å². The lowest BCUT2D eigenvalue weighted by Gasteiger charge is -2.13. The molecule has 0 saturated heterocycles. The highest BCUT2D eigenvalue weighted by Crippen LogP contribution is 2.22. The number of carboxylic acids is 1. The molecule has 0 aliphatic carbocycles. The van der Waals surface area contributed by atoms with Crippen molar-refractivity contribution in [2.75, 3.05) is 5.32 Å². The number of nitrogens with one attached hydrogen (secondary N) is 1. The van der Waals surface area contributed by atoms with Gasteiger partial charge < -0.3 is 10.4 Å². The van der Waals surface area contributed by atoms with Crippen molar-refractivity contribution < 1.29 is 14.7 Å². The molecular formula is C18H23N3O3. The topological polar surface area (TPSA) is 84.2 Å². The van der Waals surface area contributed by atoms with E-state index in [2.05, 4.69) is 48.5 Å². The van der Waals surface area contributed by atoms with Gasteiger partial charge in [-0.3, -0.25) is 14.3 Å². The largest absolute Gasteiger partial charge is 0.480 e. The quantitative estimate of drug-likeness (QED) is 0.817. The number of rotatable bonds is 7. The van der Waals surface area contributed by atoms with Crippen molar-refractivity contribution in [2.45, 2.75) is 45.6 Å². The summed E-state index contributed by atoms with van der Waals surface area (Å²) < 4.78 is 1.27. The molecule has 1 aromatic heterocycles. The molecule has 0 radical (unpaired) electrons. The molecule has 1 unspecified atom stereocenters. The molecular weight excluding hydrogens is 306 g/mol. The van der Waals surface area contributed by atoms with Crippen LogP contribution in [-0.4, -0.2) is 26.8 Å². The fourth-order valence-electron chi connectivity index (χ4n) is 2.45. The van der Waals surface area contributed by atoms with E-state index in [9.17, 15) is 9.59 Å². The maximum Gasteiger partial charge on any atom is 0.325 e. The summed E-state index contributed by atoms with van der Waals surface area (Å²) in [4.78, 5) is 22.7. The molecule has 1 atom stereocenters. The van der Waals surface area contributed by atoms with Gasteiger partial charge in [-0.1, -0.05) is 45.0 Å². The minimum atomic E-state index is -0.977. The van der Waals surface area contributed by atoms with Gasteiger partial charge in [0.05, 0.1) is 0 Å². The second kappa shape index (κ2) is 7.77. The van der Waals surface area contributed by atoms with E-state index in [1.807, 2.05) is 6.92 Å². The molecule has 1 amide bonds. The van der Waals surface area contributed by atoms with Crippen molar-refractivity contribution in [2.24, 2.45) is 0 Å². The number of benzene rings is 1. The monoisotopic (exact) mass is 329 g/mol. The Kier molecular flexibility index (Phi) is 5.73. The average Bonchev–Trinajstić information content (AvgIpc) is 2.93. The Morgan fingerprint density at radius 3 is 2.33 bits per heavy atom. The molecule has 24 heavy (non-hydrogen) atoms. The van der Waals surface area contributed by atoms with Crippen LogP contribution in [-0.2, 0) is 16.1 Å². The van der Waals surface area contributed by atoms with Crippen molar-refractivity contribution in [3.05, 3.63) is 47.7 Å². The van der Waals surface area contributed by atoms with Gasteiger partial charge in [-0.2, -0.15) is 5.10 Å². The van der Waals surface area contributed by atoms with E-state index >= 15 is 0 Å². The zero-order chi connectivity index (χ0) is 17.7. The molecule has 0 aliphatic heterocycles.